The minimum atomic E-state index is -1.15. The fraction of sp³-hybridized carbons (Fsp3) is 0.211. The number of hydrogen-bond acceptors (Lipinski definition) is 10. The number of hydrogen-bond donors (Lipinski definition) is 6. The number of rotatable bonds is 6. The van der Waals surface area contributed by atoms with Crippen molar-refractivity contribution in [2.45, 2.75) is 37.8 Å². The van der Waals surface area contributed by atoms with Crippen molar-refractivity contribution in [2.75, 3.05) is 13.1 Å². The third-order valence-electron chi connectivity index (χ3n) is 8.10. The molecule has 0 unspecified atom stereocenters. The maximum Gasteiger partial charge on any atom is 0.270 e. The van der Waals surface area contributed by atoms with E-state index in [0.717, 1.165) is 0 Å². The van der Waals surface area contributed by atoms with Crippen molar-refractivity contribution in [3.8, 4) is 0 Å². The van der Waals surface area contributed by atoms with Crippen molar-refractivity contribution in [1.82, 2.24) is 42.1 Å². The van der Waals surface area contributed by atoms with Gasteiger partial charge in [0.25, 0.3) is 35.4 Å². The van der Waals surface area contributed by atoms with E-state index in [1.54, 1.807) is 48.5 Å². The normalized spacial score (nSPS) is 17.4. The van der Waals surface area contributed by atoms with E-state index < -0.39 is 47.5 Å². The van der Waals surface area contributed by atoms with E-state index in [1.165, 1.54) is 48.8 Å². The van der Waals surface area contributed by atoms with Gasteiger partial charge in [-0.2, -0.15) is 10.2 Å². The molecule has 1 aliphatic rings. The molecule has 288 valence electrons. The largest absolute Gasteiger partial charge is 0.351 e. The van der Waals surface area contributed by atoms with E-state index in [4.69, 9.17) is 23.2 Å². The Bertz CT molecular complexity index is 1990. The number of hydrazone groups is 2. The third-order valence-corrected chi connectivity index (χ3v) is 8.60. The summed E-state index contributed by atoms with van der Waals surface area (Å²) in [6.45, 7) is 0.194. The highest BCUT2D eigenvalue weighted by molar-refractivity contribution is 6.31. The molecule has 5 rings (SSSR count). The summed E-state index contributed by atoms with van der Waals surface area (Å²) in [5.74, 6) is -3.96. The molecule has 2 atom stereocenters. The molecule has 4 aromatic rings. The molecule has 16 nitrogen and oxygen atoms in total. The molecule has 56 heavy (non-hydrogen) atoms. The van der Waals surface area contributed by atoms with Gasteiger partial charge in [-0.15, -0.1) is 0 Å². The summed E-state index contributed by atoms with van der Waals surface area (Å²) in [5, 5.41) is 19.7. The highest BCUT2D eigenvalue weighted by Crippen LogP contribution is 2.10. The van der Waals surface area contributed by atoms with Gasteiger partial charge in [-0.25, -0.2) is 20.8 Å². The summed E-state index contributed by atoms with van der Waals surface area (Å²) in [6, 6.07) is 19.7. The third kappa shape index (κ3) is 12.3. The second kappa shape index (κ2) is 20.2. The molecule has 0 aliphatic carbocycles. The standard InChI is InChI=1S/C38H36Cl2N10O6/c39-25-15-11-23(12-16-25)21-43-49-37(55)31-9-3-19-41-33(51)27-5-1-6-28(45-27)34(52)42-20-4-10-32(38(56)50-44-22-24-13-17-26(40)18-14-24)48-36(54)30-8-2-7-29(46-30)35(53)47-31/h1-2,5-8,11-18,21-22,31-32H,3-4,9-10,19-20H2,(H,41,51)(H,42,52)(H,47,53)(H,48,54)(H,49,55)(H,50,56)/b43-21+,44-22+/t31-,32-/m0/s1. The zero-order valence-electron chi connectivity index (χ0n) is 29.6. The molecule has 0 spiro atoms. The second-order valence-corrected chi connectivity index (χ2v) is 13.1. The number of fused-ring (bicyclic) bond motifs is 4. The van der Waals surface area contributed by atoms with Gasteiger partial charge >= 0.3 is 0 Å². The van der Waals surface area contributed by atoms with Crippen LogP contribution in [0.2, 0.25) is 10.0 Å². The Morgan fingerprint density at radius 2 is 0.929 bits per heavy atom. The van der Waals surface area contributed by atoms with Gasteiger partial charge in [0.15, 0.2) is 0 Å². The molecule has 0 saturated carbocycles. The summed E-state index contributed by atoms with van der Waals surface area (Å²) in [6.07, 6.45) is 3.37. The predicted molar refractivity (Wildman–Crippen MR) is 208 cm³/mol. The number of benzene rings is 2. The minimum Gasteiger partial charge on any atom is -0.351 e. The lowest BCUT2D eigenvalue weighted by atomic mass is 10.1. The van der Waals surface area contributed by atoms with Gasteiger partial charge in [-0.05, 0) is 85.3 Å². The van der Waals surface area contributed by atoms with Gasteiger partial charge in [-0.3, -0.25) is 28.8 Å². The first kappa shape index (κ1) is 40.7. The number of pyridine rings is 2. The van der Waals surface area contributed by atoms with Crippen molar-refractivity contribution in [1.29, 1.82) is 0 Å². The van der Waals surface area contributed by atoms with Crippen molar-refractivity contribution >= 4 is 71.1 Å². The van der Waals surface area contributed by atoms with Gasteiger partial charge in [-0.1, -0.05) is 59.6 Å². The van der Waals surface area contributed by atoms with Crippen LogP contribution in [-0.2, 0) is 9.59 Å². The Balaban J connectivity index is 1.36. The fourth-order valence-corrected chi connectivity index (χ4v) is 5.42. The average Bonchev–Trinajstić information content (AvgIpc) is 3.20. The SMILES string of the molecule is O=C1NCCC[C@@H](C(=O)N/N=C/c2ccc(Cl)cc2)NC(=O)c2cccc(n2)C(=O)N[C@H](C(=O)N/N=C/c2ccc(Cl)cc2)CCCNC(=O)c2cccc1n2. The fourth-order valence-electron chi connectivity index (χ4n) is 5.17. The van der Waals surface area contributed by atoms with Crippen molar-refractivity contribution in [2.24, 2.45) is 10.2 Å². The summed E-state index contributed by atoms with van der Waals surface area (Å²) >= 11 is 11.9. The Morgan fingerprint density at radius 3 is 1.30 bits per heavy atom. The van der Waals surface area contributed by atoms with Gasteiger partial charge in [0.1, 0.15) is 34.9 Å². The molecule has 4 bridgehead atoms. The Kier molecular flexibility index (Phi) is 14.7. The molecule has 2 aromatic carbocycles. The summed E-state index contributed by atoms with van der Waals surface area (Å²) < 4.78 is 0. The van der Waals surface area contributed by atoms with Crippen LogP contribution in [0, 0.1) is 0 Å². The van der Waals surface area contributed by atoms with Gasteiger partial charge < -0.3 is 21.3 Å². The number of aromatic nitrogens is 2. The molecule has 6 N–H and O–H groups in total. The first-order valence-corrected chi connectivity index (χ1v) is 18.1. The van der Waals surface area contributed by atoms with Gasteiger partial charge in [0.2, 0.25) is 0 Å². The molecule has 1 aliphatic heterocycles. The number of nitrogens with zero attached hydrogens (tertiary/aromatic N) is 4. The lowest BCUT2D eigenvalue weighted by Crippen LogP contribution is -2.47. The average molecular weight is 800 g/mol. The van der Waals surface area contributed by atoms with Crippen molar-refractivity contribution in [3.63, 3.8) is 0 Å². The number of carbonyl (C=O) groups is 6. The lowest BCUT2D eigenvalue weighted by Gasteiger charge is -2.18. The molecule has 0 saturated heterocycles. The summed E-state index contributed by atoms with van der Waals surface area (Å²) in [5.41, 5.74) is 5.75. The van der Waals surface area contributed by atoms with Crippen LogP contribution in [0.3, 0.4) is 0 Å². The van der Waals surface area contributed by atoms with Crippen LogP contribution in [-0.4, -0.2) is 83.0 Å². The van der Waals surface area contributed by atoms with Crippen LogP contribution in [0.5, 0.6) is 0 Å². The predicted octanol–water partition coefficient (Wildman–Crippen LogP) is 3.01. The topological polar surface area (TPSA) is 225 Å². The maximum atomic E-state index is 13.4. The molecule has 3 heterocycles. The molecule has 2 aromatic heterocycles. The van der Waals surface area contributed by atoms with Crippen LogP contribution >= 0.6 is 23.2 Å². The quantitative estimate of drug-likeness (QED) is 0.125. The first-order chi connectivity index (χ1) is 27.0. The number of amides is 6. The monoisotopic (exact) mass is 798 g/mol. The maximum absolute atomic E-state index is 13.4. The molecule has 6 amide bonds. The smallest absolute Gasteiger partial charge is 0.270 e. The molecular weight excluding hydrogens is 763 g/mol. The highest BCUT2D eigenvalue weighted by atomic mass is 35.5. The number of nitrogens with one attached hydrogen (secondary N) is 6. The van der Waals surface area contributed by atoms with E-state index >= 15 is 0 Å². The molecular formula is C38H36Cl2N10O6. The summed E-state index contributed by atoms with van der Waals surface area (Å²) in [4.78, 5) is 87.6. The van der Waals surface area contributed by atoms with E-state index in [1.807, 2.05) is 0 Å². The zero-order valence-corrected chi connectivity index (χ0v) is 31.1. The van der Waals surface area contributed by atoms with E-state index in [0.29, 0.717) is 21.2 Å². The Hall–Kier alpha value is -6.52. The molecule has 0 radical (unpaired) electrons. The van der Waals surface area contributed by atoms with E-state index in [9.17, 15) is 28.8 Å². The zero-order chi connectivity index (χ0) is 39.9. The lowest BCUT2D eigenvalue weighted by molar-refractivity contribution is -0.123. The number of halogens is 2. The molecule has 0 fully saturated rings. The van der Waals surface area contributed by atoms with Crippen LogP contribution in [0.1, 0.15) is 78.8 Å². The van der Waals surface area contributed by atoms with Crippen LogP contribution in [0.15, 0.2) is 95.1 Å². The highest BCUT2D eigenvalue weighted by Gasteiger charge is 2.25. The van der Waals surface area contributed by atoms with Crippen molar-refractivity contribution in [3.05, 3.63) is 129 Å². The van der Waals surface area contributed by atoms with Gasteiger partial charge in [0.05, 0.1) is 12.4 Å². The van der Waals surface area contributed by atoms with Crippen molar-refractivity contribution < 1.29 is 28.8 Å². The van der Waals surface area contributed by atoms with E-state index in [2.05, 4.69) is 52.3 Å². The van der Waals surface area contributed by atoms with Crippen LogP contribution < -0.4 is 32.1 Å². The van der Waals surface area contributed by atoms with Crippen LogP contribution in [0.4, 0.5) is 0 Å². The van der Waals surface area contributed by atoms with Crippen LogP contribution in [0.25, 0.3) is 0 Å². The minimum absolute atomic E-state index is 0.0107. The van der Waals surface area contributed by atoms with Gasteiger partial charge in [0, 0.05) is 23.1 Å². The summed E-state index contributed by atoms with van der Waals surface area (Å²) in [7, 11) is 0. The Morgan fingerprint density at radius 1 is 0.571 bits per heavy atom. The first-order valence-electron chi connectivity index (χ1n) is 17.3. The second-order valence-electron chi connectivity index (χ2n) is 12.2. The Labute approximate surface area is 330 Å². The molecule has 18 heteroatoms. The van der Waals surface area contributed by atoms with E-state index in [-0.39, 0.29) is 61.5 Å². The number of carbonyl (C=O) groups excluding carboxylic acids is 6.